The molecule has 1 fully saturated rings. The second-order valence-electron chi connectivity index (χ2n) is 6.10. The fraction of sp³-hybridized carbons (Fsp3) is 0.263. The number of hydrogen-bond donors (Lipinski definition) is 0. The van der Waals surface area contributed by atoms with Crippen molar-refractivity contribution in [3.8, 4) is 0 Å². The molecule has 2 aromatic carbocycles. The smallest absolute Gasteiger partial charge is 0.256 e. The van der Waals surface area contributed by atoms with E-state index in [1.807, 2.05) is 38.1 Å². The zero-order valence-electron chi connectivity index (χ0n) is 13.7. The van der Waals surface area contributed by atoms with Crippen LogP contribution >= 0.6 is 11.6 Å². The predicted molar refractivity (Wildman–Crippen MR) is 95.5 cm³/mol. The second kappa shape index (κ2) is 6.65. The summed E-state index contributed by atoms with van der Waals surface area (Å²) in [6.45, 7) is 4.48. The van der Waals surface area contributed by atoms with Crippen molar-refractivity contribution in [1.82, 2.24) is 4.90 Å². The van der Waals surface area contributed by atoms with Crippen LogP contribution in [0.2, 0.25) is 5.02 Å². The molecule has 0 aromatic heterocycles. The molecule has 1 atom stereocenters. The van der Waals surface area contributed by atoms with Gasteiger partial charge in [0.25, 0.3) is 5.91 Å². The summed E-state index contributed by atoms with van der Waals surface area (Å²) in [7, 11) is 0. The summed E-state index contributed by atoms with van der Waals surface area (Å²) in [6.07, 6.45) is 0. The lowest BCUT2D eigenvalue weighted by molar-refractivity contribution is -0.121. The van der Waals surface area contributed by atoms with Crippen molar-refractivity contribution in [3.05, 3.63) is 64.7 Å². The molecule has 0 bridgehead atoms. The second-order valence-corrected chi connectivity index (χ2v) is 6.51. The molecule has 5 heteroatoms. The van der Waals surface area contributed by atoms with Crippen molar-refractivity contribution in [2.75, 3.05) is 18.0 Å². The van der Waals surface area contributed by atoms with Crippen molar-refractivity contribution >= 4 is 29.1 Å². The van der Waals surface area contributed by atoms with Gasteiger partial charge >= 0.3 is 0 Å². The summed E-state index contributed by atoms with van der Waals surface area (Å²) in [4.78, 5) is 28.6. The molecule has 0 spiro atoms. The minimum absolute atomic E-state index is 0.0547. The summed E-state index contributed by atoms with van der Waals surface area (Å²) in [6, 6.07) is 14.7. The number of anilines is 1. The number of rotatable bonds is 2. The first kappa shape index (κ1) is 16.5. The van der Waals surface area contributed by atoms with Crippen LogP contribution in [0.1, 0.15) is 22.8 Å². The van der Waals surface area contributed by atoms with E-state index < -0.39 is 0 Å². The van der Waals surface area contributed by atoms with Gasteiger partial charge in [0.15, 0.2) is 0 Å². The fourth-order valence-corrected chi connectivity index (χ4v) is 3.10. The Morgan fingerprint density at radius 1 is 1.12 bits per heavy atom. The molecule has 124 valence electrons. The molecule has 1 aliphatic rings. The van der Waals surface area contributed by atoms with Gasteiger partial charge in [-0.3, -0.25) is 9.59 Å². The van der Waals surface area contributed by atoms with Gasteiger partial charge < -0.3 is 9.80 Å². The Morgan fingerprint density at radius 2 is 1.79 bits per heavy atom. The average molecular weight is 343 g/mol. The zero-order valence-corrected chi connectivity index (χ0v) is 14.5. The third kappa shape index (κ3) is 3.15. The number of aryl methyl sites for hydroxylation is 1. The minimum atomic E-state index is -0.204. The van der Waals surface area contributed by atoms with Crippen LogP contribution in [0.3, 0.4) is 0 Å². The van der Waals surface area contributed by atoms with E-state index in [0.29, 0.717) is 17.1 Å². The molecule has 4 nitrogen and oxygen atoms in total. The summed E-state index contributed by atoms with van der Waals surface area (Å²) in [5.74, 6) is -0.289. The lowest BCUT2D eigenvalue weighted by Gasteiger charge is -2.39. The molecule has 2 amide bonds. The highest BCUT2D eigenvalue weighted by Gasteiger charge is 2.34. The van der Waals surface area contributed by atoms with Crippen molar-refractivity contribution in [2.24, 2.45) is 0 Å². The summed E-state index contributed by atoms with van der Waals surface area (Å²) in [5.41, 5.74) is 2.44. The van der Waals surface area contributed by atoms with Gasteiger partial charge in [0.05, 0.1) is 10.6 Å². The molecule has 0 N–H and O–H groups in total. The average Bonchev–Trinajstić information content (AvgIpc) is 2.57. The molecule has 0 saturated carbocycles. The molecule has 0 radical (unpaired) electrons. The van der Waals surface area contributed by atoms with Gasteiger partial charge in [-0.2, -0.15) is 0 Å². The minimum Gasteiger partial charge on any atom is -0.325 e. The summed E-state index contributed by atoms with van der Waals surface area (Å²) < 4.78 is 0. The third-order valence-electron chi connectivity index (χ3n) is 4.30. The maximum absolute atomic E-state index is 12.7. The van der Waals surface area contributed by atoms with E-state index in [0.717, 1.165) is 11.3 Å². The van der Waals surface area contributed by atoms with Gasteiger partial charge in [-0.15, -0.1) is 0 Å². The molecule has 0 aliphatic carbocycles. The quantitative estimate of drug-likeness (QED) is 0.837. The Balaban J connectivity index is 1.81. The van der Waals surface area contributed by atoms with Gasteiger partial charge in [-0.25, -0.2) is 0 Å². The van der Waals surface area contributed by atoms with Crippen molar-refractivity contribution in [2.45, 2.75) is 19.9 Å². The van der Waals surface area contributed by atoms with Crippen molar-refractivity contribution in [3.63, 3.8) is 0 Å². The van der Waals surface area contributed by atoms with E-state index in [1.165, 1.54) is 0 Å². The topological polar surface area (TPSA) is 40.6 Å². The van der Waals surface area contributed by atoms with Crippen LogP contribution in [0, 0.1) is 6.92 Å². The molecule has 24 heavy (non-hydrogen) atoms. The SMILES string of the molecule is Cc1ccc(N2C[C@H](C)N(C(=O)c3ccccc3Cl)CC2=O)cc1. The van der Waals surface area contributed by atoms with Crippen LogP contribution in [-0.4, -0.2) is 35.8 Å². The predicted octanol–water partition coefficient (Wildman–Crippen LogP) is 3.53. The number of benzene rings is 2. The first-order chi connectivity index (χ1) is 11.5. The van der Waals surface area contributed by atoms with Gasteiger partial charge in [-0.05, 0) is 38.1 Å². The summed E-state index contributed by atoms with van der Waals surface area (Å²) in [5, 5.41) is 0.406. The molecule has 1 heterocycles. The molecule has 3 rings (SSSR count). The standard InChI is InChI=1S/C19H19ClN2O2/c1-13-7-9-15(10-8-13)22-11-14(2)21(12-18(22)23)19(24)16-5-3-4-6-17(16)20/h3-10,14H,11-12H2,1-2H3/t14-/m0/s1. The number of amides is 2. The van der Waals surface area contributed by atoms with Gasteiger partial charge in [0.2, 0.25) is 5.91 Å². The first-order valence-electron chi connectivity index (χ1n) is 7.90. The van der Waals surface area contributed by atoms with Crippen molar-refractivity contribution < 1.29 is 9.59 Å². The monoisotopic (exact) mass is 342 g/mol. The Bertz CT molecular complexity index is 773. The molecular formula is C19H19ClN2O2. The Hall–Kier alpha value is -2.33. The molecule has 1 aliphatic heterocycles. The van der Waals surface area contributed by atoms with Crippen LogP contribution < -0.4 is 4.90 Å². The van der Waals surface area contributed by atoms with E-state index in [2.05, 4.69) is 0 Å². The molecule has 1 saturated heterocycles. The highest BCUT2D eigenvalue weighted by Crippen LogP contribution is 2.24. The maximum Gasteiger partial charge on any atom is 0.256 e. The van der Waals surface area contributed by atoms with E-state index in [-0.39, 0.29) is 24.4 Å². The van der Waals surface area contributed by atoms with E-state index in [9.17, 15) is 9.59 Å². The number of halogens is 1. The number of carbonyl (C=O) groups excluding carboxylic acids is 2. The van der Waals surface area contributed by atoms with E-state index in [4.69, 9.17) is 11.6 Å². The largest absolute Gasteiger partial charge is 0.325 e. The van der Waals surface area contributed by atoms with Gasteiger partial charge in [-0.1, -0.05) is 41.4 Å². The number of hydrogen-bond acceptors (Lipinski definition) is 2. The lowest BCUT2D eigenvalue weighted by atomic mass is 10.1. The Kier molecular flexibility index (Phi) is 4.58. The molecule has 0 unspecified atom stereocenters. The number of carbonyl (C=O) groups is 2. The molecule has 2 aromatic rings. The van der Waals surface area contributed by atoms with Crippen LogP contribution in [0.15, 0.2) is 48.5 Å². The highest BCUT2D eigenvalue weighted by molar-refractivity contribution is 6.33. The number of nitrogens with zero attached hydrogens (tertiary/aromatic N) is 2. The third-order valence-corrected chi connectivity index (χ3v) is 4.63. The lowest BCUT2D eigenvalue weighted by Crippen LogP contribution is -2.57. The van der Waals surface area contributed by atoms with Crippen LogP contribution in [0.5, 0.6) is 0 Å². The van der Waals surface area contributed by atoms with E-state index in [1.54, 1.807) is 34.1 Å². The fourth-order valence-electron chi connectivity index (χ4n) is 2.89. The highest BCUT2D eigenvalue weighted by atomic mass is 35.5. The summed E-state index contributed by atoms with van der Waals surface area (Å²) >= 11 is 6.12. The zero-order chi connectivity index (χ0) is 17.3. The molecular weight excluding hydrogens is 324 g/mol. The van der Waals surface area contributed by atoms with E-state index >= 15 is 0 Å². The normalized spacial score (nSPS) is 18.0. The van der Waals surface area contributed by atoms with Crippen LogP contribution in [0.25, 0.3) is 0 Å². The van der Waals surface area contributed by atoms with Gasteiger partial charge in [0, 0.05) is 18.3 Å². The first-order valence-corrected chi connectivity index (χ1v) is 8.27. The van der Waals surface area contributed by atoms with Crippen molar-refractivity contribution in [1.29, 1.82) is 0 Å². The Morgan fingerprint density at radius 3 is 2.46 bits per heavy atom. The number of piperazine rings is 1. The van der Waals surface area contributed by atoms with Crippen LogP contribution in [0.4, 0.5) is 5.69 Å². The van der Waals surface area contributed by atoms with Crippen LogP contribution in [-0.2, 0) is 4.79 Å². The maximum atomic E-state index is 12.7. The Labute approximate surface area is 146 Å². The van der Waals surface area contributed by atoms with Gasteiger partial charge in [0.1, 0.15) is 6.54 Å².